The molecule has 3 aromatic heterocycles. The Hall–Kier alpha value is -4.15. The zero-order valence-electron chi connectivity index (χ0n) is 28.8. The van der Waals surface area contributed by atoms with Crippen LogP contribution in [0.15, 0.2) is 120 Å². The van der Waals surface area contributed by atoms with Crippen molar-refractivity contribution in [2.75, 3.05) is 0 Å². The van der Waals surface area contributed by atoms with Gasteiger partial charge in [-0.3, -0.25) is 0 Å². The maximum atomic E-state index is 5.91. The van der Waals surface area contributed by atoms with Crippen molar-refractivity contribution in [2.45, 2.75) is 59.2 Å². The molecule has 0 aliphatic heterocycles. The topological polar surface area (TPSA) is 38.9 Å². The summed E-state index contributed by atoms with van der Waals surface area (Å²) in [6, 6.07) is 42.1. The summed E-state index contributed by atoms with van der Waals surface area (Å²) in [5, 5.41) is 3.70. The van der Waals surface area contributed by atoms with Gasteiger partial charge in [0.25, 0.3) is 0 Å². The third-order valence-electron chi connectivity index (χ3n) is 8.78. The molecule has 7 aromatic rings. The van der Waals surface area contributed by atoms with Crippen molar-refractivity contribution in [3.63, 3.8) is 0 Å². The van der Waals surface area contributed by atoms with Crippen LogP contribution in [-0.4, -0.2) is 18.0 Å². The van der Waals surface area contributed by atoms with Crippen LogP contribution in [0.2, 0.25) is 19.6 Å². The van der Waals surface area contributed by atoms with Gasteiger partial charge in [-0.1, -0.05) is 119 Å². The van der Waals surface area contributed by atoms with Crippen molar-refractivity contribution >= 4 is 35.2 Å². The Kier molecular flexibility index (Phi) is 10.9. The molecule has 0 bridgehead atoms. The van der Waals surface area contributed by atoms with E-state index in [9.17, 15) is 0 Å². The average Bonchev–Trinajstić information content (AvgIpc) is 3.46. The van der Waals surface area contributed by atoms with E-state index in [0.29, 0.717) is 11.8 Å². The summed E-state index contributed by atoms with van der Waals surface area (Å²) >= 11 is 0. The van der Waals surface area contributed by atoms with Crippen LogP contribution in [0.1, 0.15) is 54.9 Å². The molecule has 3 nitrogen and oxygen atoms in total. The maximum absolute atomic E-state index is 5.91. The van der Waals surface area contributed by atoms with E-state index in [1.54, 1.807) is 0 Å². The molecule has 0 spiro atoms. The Balaban J connectivity index is 0.000000193. The molecule has 0 aliphatic rings. The molecule has 1 atom stereocenters. The molecule has 4 aromatic carbocycles. The number of aryl methyl sites for hydroxylation is 1. The maximum Gasteiger partial charge on any atom is 0.120 e. The van der Waals surface area contributed by atoms with Crippen LogP contribution in [0.5, 0.6) is 0 Å². The van der Waals surface area contributed by atoms with Crippen molar-refractivity contribution in [3.05, 3.63) is 150 Å². The number of fused-ring (bicyclic) bond motifs is 3. The molecule has 0 saturated carbocycles. The minimum absolute atomic E-state index is 0. The second-order valence-electron chi connectivity index (χ2n) is 13.7. The molecule has 3 heterocycles. The smallest absolute Gasteiger partial charge is 0.120 e. The van der Waals surface area contributed by atoms with Crippen LogP contribution >= 0.6 is 0 Å². The molecule has 7 rings (SSSR count). The zero-order valence-corrected chi connectivity index (χ0v) is 32.2. The Morgan fingerprint density at radius 3 is 2.08 bits per heavy atom. The van der Waals surface area contributed by atoms with Gasteiger partial charge >= 0.3 is 0 Å². The first-order valence-corrected chi connectivity index (χ1v) is 19.9. The van der Waals surface area contributed by atoms with E-state index >= 15 is 0 Å². The molecule has 48 heavy (non-hydrogen) atoms. The predicted molar refractivity (Wildman–Crippen MR) is 200 cm³/mol. The number of furan rings is 1. The molecule has 0 aliphatic carbocycles. The quantitative estimate of drug-likeness (QED) is 0.124. The number of aromatic nitrogens is 2. The van der Waals surface area contributed by atoms with Gasteiger partial charge in [-0.15, -0.1) is 59.2 Å². The van der Waals surface area contributed by atoms with Crippen molar-refractivity contribution in [1.29, 1.82) is 0 Å². The average molecular weight is 823 g/mol. The standard InChI is InChI=1S/C25H18NO.C18H24NSi.Ir/c1-17(18-7-3-2-4-8-18)19-13-14-26-23(16-19)20-11-12-25-22(15-20)21-9-5-6-10-24(21)27-25;1-13(2)16-11-17(15-9-7-14(3)8-10-15)19-12-18(16)20(4,5)6;/h2-10,12-17H,1H3;7-9,11-13H,1-6H3;/q2*-1;. The van der Waals surface area contributed by atoms with E-state index < -0.39 is 8.07 Å². The Bertz CT molecular complexity index is 2130. The minimum Gasteiger partial charge on any atom is -0.500 e. The fourth-order valence-electron chi connectivity index (χ4n) is 6.00. The SMILES string of the molecule is CC(c1ccccc1)c1ccnc(-c2[c-]cc3oc4ccccc4c3c2)c1.Cc1c[c-]c(-c2cc(C(C)C)c([Si](C)(C)C)cn2)cc1.[Ir]. The molecule has 0 fully saturated rings. The predicted octanol–water partition coefficient (Wildman–Crippen LogP) is 11.1. The summed E-state index contributed by atoms with van der Waals surface area (Å²) in [6.45, 7) is 16.0. The van der Waals surface area contributed by atoms with Crippen LogP contribution in [0.3, 0.4) is 0 Å². The van der Waals surface area contributed by atoms with Gasteiger partial charge in [0.1, 0.15) is 5.58 Å². The molecule has 0 amide bonds. The summed E-state index contributed by atoms with van der Waals surface area (Å²) in [6.07, 6.45) is 3.99. The number of rotatable bonds is 6. The number of hydrogen-bond acceptors (Lipinski definition) is 3. The number of hydrogen-bond donors (Lipinski definition) is 0. The van der Waals surface area contributed by atoms with Gasteiger partial charge in [0.15, 0.2) is 0 Å². The molecule has 0 saturated heterocycles. The van der Waals surface area contributed by atoms with Crippen LogP contribution in [0.25, 0.3) is 44.5 Å². The summed E-state index contributed by atoms with van der Waals surface area (Å²) in [5.74, 6) is 0.843. The van der Waals surface area contributed by atoms with Gasteiger partial charge in [0, 0.05) is 43.8 Å². The largest absolute Gasteiger partial charge is 0.500 e. The van der Waals surface area contributed by atoms with Gasteiger partial charge in [0.2, 0.25) is 0 Å². The van der Waals surface area contributed by atoms with Crippen molar-refractivity contribution in [2.24, 2.45) is 0 Å². The first-order chi connectivity index (χ1) is 22.6. The molecule has 245 valence electrons. The number of pyridine rings is 2. The fourth-order valence-corrected chi connectivity index (χ4v) is 7.68. The van der Waals surface area contributed by atoms with Crippen molar-refractivity contribution in [1.82, 2.24) is 9.97 Å². The second-order valence-corrected chi connectivity index (χ2v) is 18.7. The summed E-state index contributed by atoms with van der Waals surface area (Å²) in [7, 11) is -1.35. The van der Waals surface area contributed by atoms with E-state index in [-0.39, 0.29) is 20.1 Å². The fraction of sp³-hybridized carbons (Fsp3) is 0.209. The monoisotopic (exact) mass is 823 g/mol. The zero-order chi connectivity index (χ0) is 33.1. The van der Waals surface area contributed by atoms with E-state index in [0.717, 1.165) is 44.5 Å². The van der Waals surface area contributed by atoms with Gasteiger partial charge in [-0.05, 0) is 45.8 Å². The third kappa shape index (κ3) is 7.76. The summed E-state index contributed by atoms with van der Waals surface area (Å²) in [4.78, 5) is 9.29. The third-order valence-corrected chi connectivity index (χ3v) is 10.8. The van der Waals surface area contributed by atoms with E-state index in [2.05, 4.69) is 137 Å². The molecule has 1 unspecified atom stereocenters. The molecular weight excluding hydrogens is 781 g/mol. The number of nitrogens with zero attached hydrogens (tertiary/aromatic N) is 2. The molecular formula is C43H42IrN2OSi-2. The van der Waals surface area contributed by atoms with Crippen molar-refractivity contribution in [3.8, 4) is 22.5 Å². The minimum atomic E-state index is -1.35. The van der Waals surface area contributed by atoms with Gasteiger partial charge in [0.05, 0.1) is 13.7 Å². The second kappa shape index (κ2) is 14.9. The van der Waals surface area contributed by atoms with Crippen LogP contribution in [0.4, 0.5) is 0 Å². The Morgan fingerprint density at radius 2 is 1.38 bits per heavy atom. The van der Waals surface area contributed by atoms with E-state index in [4.69, 9.17) is 9.40 Å². The van der Waals surface area contributed by atoms with Gasteiger partial charge in [-0.25, -0.2) is 0 Å². The number of para-hydroxylation sites is 1. The Morgan fingerprint density at radius 1 is 0.667 bits per heavy atom. The van der Waals surface area contributed by atoms with E-state index in [1.807, 2.05) is 42.6 Å². The van der Waals surface area contributed by atoms with Gasteiger partial charge < -0.3 is 14.4 Å². The first-order valence-electron chi connectivity index (χ1n) is 16.4. The Labute approximate surface area is 299 Å². The van der Waals surface area contributed by atoms with Crippen LogP contribution in [0, 0.1) is 19.1 Å². The van der Waals surface area contributed by atoms with Crippen LogP contribution < -0.4 is 5.19 Å². The number of benzene rings is 4. The van der Waals surface area contributed by atoms with Crippen LogP contribution in [-0.2, 0) is 20.1 Å². The molecule has 5 heteroatoms. The molecule has 0 N–H and O–H groups in total. The van der Waals surface area contributed by atoms with Gasteiger partial charge in [-0.2, -0.15) is 0 Å². The molecule has 1 radical (unpaired) electrons. The van der Waals surface area contributed by atoms with Crippen molar-refractivity contribution < 1.29 is 24.5 Å². The normalized spacial score (nSPS) is 12.0. The summed E-state index contributed by atoms with van der Waals surface area (Å²) < 4.78 is 5.91. The summed E-state index contributed by atoms with van der Waals surface area (Å²) in [5.41, 5.74) is 11.0. The first kappa shape index (κ1) is 35.2. The van der Waals surface area contributed by atoms with E-state index in [1.165, 1.54) is 27.4 Å².